The van der Waals surface area contributed by atoms with Gasteiger partial charge in [-0.25, -0.2) is 9.07 Å². The number of rotatable bonds is 5. The highest BCUT2D eigenvalue weighted by Gasteiger charge is 2.54. The van der Waals surface area contributed by atoms with E-state index in [-0.39, 0.29) is 23.3 Å². The Bertz CT molecular complexity index is 1240. The van der Waals surface area contributed by atoms with Crippen molar-refractivity contribution in [3.05, 3.63) is 81.9 Å². The molecular formula is C25H24FN3O3. The summed E-state index contributed by atoms with van der Waals surface area (Å²) in [5.74, 6) is 0.435. The van der Waals surface area contributed by atoms with Gasteiger partial charge in [0.2, 0.25) is 5.91 Å². The topological polar surface area (TPSA) is 64.4 Å². The molecule has 0 radical (unpaired) electrons. The lowest BCUT2D eigenvalue weighted by atomic mass is 9.92. The molecule has 6 nitrogen and oxygen atoms in total. The summed E-state index contributed by atoms with van der Waals surface area (Å²) in [6.07, 6.45) is 1.53. The Kier molecular flexibility index (Phi) is 4.84. The van der Waals surface area contributed by atoms with E-state index < -0.39 is 5.41 Å². The first-order chi connectivity index (χ1) is 15.4. The molecule has 2 aliphatic rings. The van der Waals surface area contributed by atoms with Crippen molar-refractivity contribution in [1.82, 2.24) is 14.7 Å². The van der Waals surface area contributed by atoms with Gasteiger partial charge in [-0.3, -0.25) is 9.59 Å². The van der Waals surface area contributed by atoms with Gasteiger partial charge in [0, 0.05) is 24.7 Å². The SMILES string of the molecule is COc1cc(C)ccc1-c1ccc(=O)n(C2CN(C(=O)C3(c4ccc(F)cc4)CC3)C2)n1. The third kappa shape index (κ3) is 3.38. The molecule has 0 unspecified atom stereocenters. The maximum absolute atomic E-state index is 13.3. The average molecular weight is 433 g/mol. The number of carbonyl (C=O) groups is 1. The summed E-state index contributed by atoms with van der Waals surface area (Å²) < 4.78 is 20.2. The molecule has 7 heteroatoms. The Labute approximate surface area is 185 Å². The zero-order valence-electron chi connectivity index (χ0n) is 18.0. The molecule has 164 valence electrons. The number of methoxy groups -OCH3 is 1. The summed E-state index contributed by atoms with van der Waals surface area (Å²) in [6.45, 7) is 2.85. The van der Waals surface area contributed by atoms with Crippen LogP contribution in [0, 0.1) is 12.7 Å². The fourth-order valence-electron chi connectivity index (χ4n) is 4.44. The maximum Gasteiger partial charge on any atom is 0.267 e. The average Bonchev–Trinajstić information content (AvgIpc) is 3.56. The summed E-state index contributed by atoms with van der Waals surface area (Å²) >= 11 is 0. The molecule has 5 rings (SSSR count). The summed E-state index contributed by atoms with van der Waals surface area (Å²) in [6, 6.07) is 15.1. The fourth-order valence-corrected chi connectivity index (χ4v) is 4.44. The lowest BCUT2D eigenvalue weighted by Crippen LogP contribution is -2.56. The second-order valence-electron chi connectivity index (χ2n) is 8.66. The standard InChI is InChI=1S/C25H24FN3O3/c1-16-3-8-20(22(13-16)32-2)21-9-10-23(30)29(27-21)19-14-28(15-19)24(31)25(11-12-25)17-4-6-18(26)7-5-17/h3-10,13,19H,11-12,14-15H2,1-2H3. The van der Waals surface area contributed by atoms with Gasteiger partial charge in [0.15, 0.2) is 0 Å². The fraction of sp³-hybridized carbons (Fsp3) is 0.320. The predicted octanol–water partition coefficient (Wildman–Crippen LogP) is 3.48. The lowest BCUT2D eigenvalue weighted by Gasteiger charge is -2.41. The predicted molar refractivity (Wildman–Crippen MR) is 118 cm³/mol. The van der Waals surface area contributed by atoms with Gasteiger partial charge in [-0.05, 0) is 61.2 Å². The van der Waals surface area contributed by atoms with Crippen LogP contribution in [0.5, 0.6) is 5.75 Å². The van der Waals surface area contributed by atoms with Crippen molar-refractivity contribution in [1.29, 1.82) is 0 Å². The number of nitrogens with zero attached hydrogens (tertiary/aromatic N) is 3. The number of aromatic nitrogens is 2. The van der Waals surface area contributed by atoms with Gasteiger partial charge in [0.25, 0.3) is 5.56 Å². The van der Waals surface area contributed by atoms with Crippen LogP contribution in [0.15, 0.2) is 59.4 Å². The van der Waals surface area contributed by atoms with Crippen LogP contribution in [0.3, 0.4) is 0 Å². The first-order valence-electron chi connectivity index (χ1n) is 10.7. The third-order valence-electron chi connectivity index (χ3n) is 6.51. The number of aryl methyl sites for hydroxylation is 1. The number of carbonyl (C=O) groups excluding carboxylic acids is 1. The van der Waals surface area contributed by atoms with E-state index in [1.54, 1.807) is 30.2 Å². The monoisotopic (exact) mass is 433 g/mol. The van der Waals surface area contributed by atoms with Crippen LogP contribution in [0.1, 0.15) is 30.0 Å². The van der Waals surface area contributed by atoms with E-state index >= 15 is 0 Å². The van der Waals surface area contributed by atoms with Crippen molar-refractivity contribution >= 4 is 5.91 Å². The largest absolute Gasteiger partial charge is 0.496 e. The summed E-state index contributed by atoms with van der Waals surface area (Å²) in [4.78, 5) is 27.5. The lowest BCUT2D eigenvalue weighted by molar-refractivity contribution is -0.140. The van der Waals surface area contributed by atoms with Crippen molar-refractivity contribution in [3.8, 4) is 17.0 Å². The van der Waals surface area contributed by atoms with Gasteiger partial charge >= 0.3 is 0 Å². The van der Waals surface area contributed by atoms with Gasteiger partial charge in [-0.15, -0.1) is 0 Å². The molecule has 1 saturated heterocycles. The third-order valence-corrected chi connectivity index (χ3v) is 6.51. The van der Waals surface area contributed by atoms with Crippen molar-refractivity contribution in [2.24, 2.45) is 0 Å². The number of ether oxygens (including phenoxy) is 1. The van der Waals surface area contributed by atoms with Crippen molar-refractivity contribution in [3.63, 3.8) is 0 Å². The normalized spacial score (nSPS) is 17.0. The Morgan fingerprint density at radius 2 is 1.81 bits per heavy atom. The minimum absolute atomic E-state index is 0.0461. The Hall–Kier alpha value is -3.48. The number of benzene rings is 2. The van der Waals surface area contributed by atoms with E-state index in [0.29, 0.717) is 24.5 Å². The molecule has 0 atom stereocenters. The van der Waals surface area contributed by atoms with Crippen LogP contribution < -0.4 is 10.3 Å². The van der Waals surface area contributed by atoms with Crippen molar-refractivity contribution in [2.75, 3.05) is 20.2 Å². The van der Waals surface area contributed by atoms with Crippen molar-refractivity contribution < 1.29 is 13.9 Å². The van der Waals surface area contributed by atoms with Gasteiger partial charge in [0.05, 0.1) is 24.3 Å². The van der Waals surface area contributed by atoms with E-state index in [0.717, 1.165) is 29.5 Å². The van der Waals surface area contributed by atoms with Crippen LogP contribution in [0.25, 0.3) is 11.3 Å². The number of hydrogen-bond donors (Lipinski definition) is 0. The van der Waals surface area contributed by atoms with Gasteiger partial charge < -0.3 is 9.64 Å². The quantitative estimate of drug-likeness (QED) is 0.618. The Morgan fingerprint density at radius 3 is 2.47 bits per heavy atom. The van der Waals surface area contributed by atoms with Crippen LogP contribution in [-0.2, 0) is 10.2 Å². The first kappa shape index (κ1) is 20.4. The van der Waals surface area contributed by atoms with E-state index in [9.17, 15) is 14.0 Å². The van der Waals surface area contributed by atoms with Gasteiger partial charge in [0.1, 0.15) is 11.6 Å². The Balaban J connectivity index is 1.35. The minimum atomic E-state index is -0.547. The van der Waals surface area contributed by atoms with Crippen LogP contribution in [0.4, 0.5) is 4.39 Å². The van der Waals surface area contributed by atoms with E-state index in [4.69, 9.17) is 4.74 Å². The second kappa shape index (κ2) is 7.58. The highest BCUT2D eigenvalue weighted by Crippen LogP contribution is 2.50. The molecule has 1 aromatic heterocycles. The Morgan fingerprint density at radius 1 is 1.09 bits per heavy atom. The van der Waals surface area contributed by atoms with E-state index in [1.165, 1.54) is 22.9 Å². The molecule has 32 heavy (non-hydrogen) atoms. The van der Waals surface area contributed by atoms with Crippen LogP contribution in [0.2, 0.25) is 0 Å². The molecule has 1 amide bonds. The molecular weight excluding hydrogens is 409 g/mol. The molecule has 3 aromatic rings. The minimum Gasteiger partial charge on any atom is -0.496 e. The molecule has 2 aromatic carbocycles. The molecule has 2 fully saturated rings. The van der Waals surface area contributed by atoms with Crippen LogP contribution >= 0.6 is 0 Å². The molecule has 1 saturated carbocycles. The van der Waals surface area contributed by atoms with Gasteiger partial charge in [-0.2, -0.15) is 5.10 Å². The highest BCUT2D eigenvalue weighted by atomic mass is 19.1. The van der Waals surface area contributed by atoms with Crippen molar-refractivity contribution in [2.45, 2.75) is 31.2 Å². The number of hydrogen-bond acceptors (Lipinski definition) is 4. The molecule has 0 bridgehead atoms. The second-order valence-corrected chi connectivity index (χ2v) is 8.66. The summed E-state index contributed by atoms with van der Waals surface area (Å²) in [5.41, 5.74) is 2.65. The molecule has 1 aliphatic heterocycles. The molecule has 0 spiro atoms. The molecule has 2 heterocycles. The maximum atomic E-state index is 13.3. The smallest absolute Gasteiger partial charge is 0.267 e. The zero-order valence-corrected chi connectivity index (χ0v) is 18.0. The van der Waals surface area contributed by atoms with E-state index in [1.807, 2.05) is 25.1 Å². The summed E-state index contributed by atoms with van der Waals surface area (Å²) in [7, 11) is 1.61. The van der Waals surface area contributed by atoms with Gasteiger partial charge in [-0.1, -0.05) is 18.2 Å². The van der Waals surface area contributed by atoms with E-state index in [2.05, 4.69) is 5.10 Å². The number of halogens is 1. The molecule has 0 N–H and O–H groups in total. The zero-order chi connectivity index (χ0) is 22.5. The first-order valence-corrected chi connectivity index (χ1v) is 10.7. The number of amides is 1. The highest BCUT2D eigenvalue weighted by molar-refractivity contribution is 5.92. The van der Waals surface area contributed by atoms with Crippen LogP contribution in [-0.4, -0.2) is 40.8 Å². The summed E-state index contributed by atoms with van der Waals surface area (Å²) in [5, 5.41) is 4.59. The number of likely N-dealkylation sites (tertiary alicyclic amines) is 1. The molecule has 1 aliphatic carbocycles.